The zero-order valence-corrected chi connectivity index (χ0v) is 9.86. The summed E-state index contributed by atoms with van der Waals surface area (Å²) in [5.74, 6) is 0.455. The summed E-state index contributed by atoms with van der Waals surface area (Å²) in [7, 11) is 0. The third-order valence-electron chi connectivity index (χ3n) is 2.09. The van der Waals surface area contributed by atoms with Gasteiger partial charge in [-0.15, -0.1) is 16.7 Å². The molecule has 0 saturated carbocycles. The maximum atomic E-state index is 11.8. The van der Waals surface area contributed by atoms with E-state index in [0.29, 0.717) is 17.3 Å². The van der Waals surface area contributed by atoms with Gasteiger partial charge in [-0.1, -0.05) is 17.2 Å². The zero-order valence-electron chi connectivity index (χ0n) is 9.11. The highest BCUT2D eigenvalue weighted by Gasteiger charge is 2.10. The van der Waals surface area contributed by atoms with Crippen molar-refractivity contribution in [3.05, 3.63) is 41.3 Å². The number of benzene rings is 1. The van der Waals surface area contributed by atoms with Crippen molar-refractivity contribution in [2.45, 2.75) is 12.8 Å². The maximum absolute atomic E-state index is 11.8. The molecule has 0 saturated heterocycles. The molecule has 0 bridgehead atoms. The molecule has 1 heterocycles. The molecule has 1 amide bonds. The average Bonchev–Trinajstić information content (AvgIpc) is 2.75. The normalized spacial score (nSPS) is 10.2. The monoisotopic (exact) mass is 251 g/mol. The second-order valence-electron chi connectivity index (χ2n) is 3.41. The number of hydrogen-bond acceptors (Lipinski definition) is 4. The number of alkyl halides is 1. The molecule has 0 radical (unpaired) electrons. The number of nitrogens with one attached hydrogen (secondary N) is 1. The summed E-state index contributed by atoms with van der Waals surface area (Å²) >= 11 is 5.69. The van der Waals surface area contributed by atoms with Crippen molar-refractivity contribution in [1.82, 2.24) is 10.2 Å². The van der Waals surface area contributed by atoms with Crippen LogP contribution in [0.1, 0.15) is 21.8 Å². The molecule has 0 atom stereocenters. The van der Waals surface area contributed by atoms with E-state index < -0.39 is 0 Å². The van der Waals surface area contributed by atoms with Crippen molar-refractivity contribution in [2.75, 3.05) is 5.32 Å². The van der Waals surface area contributed by atoms with Crippen LogP contribution < -0.4 is 5.32 Å². The molecular formula is C11H10ClN3O2. The number of anilines is 1. The number of amides is 1. The van der Waals surface area contributed by atoms with E-state index in [1.54, 1.807) is 25.1 Å². The predicted molar refractivity (Wildman–Crippen MR) is 63.0 cm³/mol. The highest BCUT2D eigenvalue weighted by Crippen LogP contribution is 2.10. The molecule has 17 heavy (non-hydrogen) atoms. The molecule has 0 unspecified atom stereocenters. The molecule has 0 aliphatic carbocycles. The molecule has 0 fully saturated rings. The van der Waals surface area contributed by atoms with Crippen molar-refractivity contribution in [3.8, 4) is 0 Å². The summed E-state index contributed by atoms with van der Waals surface area (Å²) < 4.78 is 5.05. The SMILES string of the molecule is Cc1nnc(NC(=O)c2cccc(CCl)c2)o1. The van der Waals surface area contributed by atoms with Crippen molar-refractivity contribution < 1.29 is 9.21 Å². The van der Waals surface area contributed by atoms with Crippen molar-refractivity contribution >= 4 is 23.5 Å². The van der Waals surface area contributed by atoms with Crippen LogP contribution in [-0.2, 0) is 5.88 Å². The number of aryl methyl sites for hydroxylation is 1. The molecule has 6 heteroatoms. The molecule has 5 nitrogen and oxygen atoms in total. The summed E-state index contributed by atoms with van der Waals surface area (Å²) in [5, 5.41) is 9.80. The van der Waals surface area contributed by atoms with Gasteiger partial charge in [-0.05, 0) is 17.7 Å². The fraction of sp³-hybridized carbons (Fsp3) is 0.182. The van der Waals surface area contributed by atoms with E-state index in [0.717, 1.165) is 5.56 Å². The van der Waals surface area contributed by atoms with Gasteiger partial charge in [-0.25, -0.2) is 0 Å². The molecule has 1 aromatic heterocycles. The Labute approximate surface area is 103 Å². The number of nitrogens with zero attached hydrogens (tertiary/aromatic N) is 2. The van der Waals surface area contributed by atoms with Gasteiger partial charge in [0.15, 0.2) is 0 Å². The Morgan fingerprint density at radius 2 is 2.29 bits per heavy atom. The van der Waals surface area contributed by atoms with Crippen LogP contribution in [0.4, 0.5) is 6.01 Å². The lowest BCUT2D eigenvalue weighted by Crippen LogP contribution is -2.12. The maximum Gasteiger partial charge on any atom is 0.322 e. The molecule has 0 aliphatic heterocycles. The summed E-state index contributed by atoms with van der Waals surface area (Å²) in [6, 6.07) is 7.11. The van der Waals surface area contributed by atoms with Crippen LogP contribution in [0.25, 0.3) is 0 Å². The Bertz CT molecular complexity index is 539. The summed E-state index contributed by atoms with van der Waals surface area (Å²) in [5.41, 5.74) is 1.38. The Hall–Kier alpha value is -1.88. The van der Waals surface area contributed by atoms with Gasteiger partial charge in [0.1, 0.15) is 0 Å². The standard InChI is InChI=1S/C11H10ClN3O2/c1-7-14-15-11(17-7)13-10(16)9-4-2-3-8(5-9)6-12/h2-5H,6H2,1H3,(H,13,15,16). The first-order valence-electron chi connectivity index (χ1n) is 4.95. The number of carbonyl (C=O) groups is 1. The van der Waals surface area contributed by atoms with Gasteiger partial charge >= 0.3 is 6.01 Å². The number of halogens is 1. The van der Waals surface area contributed by atoms with Crippen molar-refractivity contribution in [2.24, 2.45) is 0 Å². The Morgan fingerprint density at radius 3 is 2.94 bits per heavy atom. The van der Waals surface area contributed by atoms with Gasteiger partial charge < -0.3 is 4.42 Å². The minimum absolute atomic E-state index is 0.0868. The van der Waals surface area contributed by atoms with Crippen molar-refractivity contribution in [3.63, 3.8) is 0 Å². The van der Waals surface area contributed by atoms with Gasteiger partial charge in [0, 0.05) is 18.4 Å². The van der Waals surface area contributed by atoms with Gasteiger partial charge in [-0.3, -0.25) is 10.1 Å². The number of rotatable bonds is 3. The molecule has 0 spiro atoms. The first kappa shape index (κ1) is 11.6. The molecule has 2 aromatic rings. The molecule has 1 N–H and O–H groups in total. The van der Waals surface area contributed by atoms with Crippen LogP contribution >= 0.6 is 11.6 Å². The van der Waals surface area contributed by atoms with Crippen LogP contribution in [0, 0.1) is 6.92 Å². The van der Waals surface area contributed by atoms with Gasteiger partial charge in [-0.2, -0.15) is 0 Å². The highest BCUT2D eigenvalue weighted by atomic mass is 35.5. The lowest BCUT2D eigenvalue weighted by Gasteiger charge is -2.02. The summed E-state index contributed by atoms with van der Waals surface area (Å²) in [4.78, 5) is 11.8. The Balaban J connectivity index is 2.14. The Morgan fingerprint density at radius 1 is 1.47 bits per heavy atom. The van der Waals surface area contributed by atoms with E-state index in [1.165, 1.54) is 0 Å². The number of carbonyl (C=O) groups excluding carboxylic acids is 1. The lowest BCUT2D eigenvalue weighted by atomic mass is 10.1. The van der Waals surface area contributed by atoms with E-state index in [1.807, 2.05) is 6.07 Å². The second kappa shape index (κ2) is 4.97. The highest BCUT2D eigenvalue weighted by molar-refractivity contribution is 6.17. The number of hydrogen-bond donors (Lipinski definition) is 1. The average molecular weight is 252 g/mol. The Kier molecular flexibility index (Phi) is 3.39. The third kappa shape index (κ3) is 2.82. The van der Waals surface area contributed by atoms with E-state index in [4.69, 9.17) is 16.0 Å². The lowest BCUT2D eigenvalue weighted by molar-refractivity contribution is 0.102. The van der Waals surface area contributed by atoms with Crippen molar-refractivity contribution in [1.29, 1.82) is 0 Å². The topological polar surface area (TPSA) is 68.0 Å². The molecule has 0 aliphatic rings. The first-order chi connectivity index (χ1) is 8.19. The van der Waals surface area contributed by atoms with Crippen LogP contribution in [0.3, 0.4) is 0 Å². The predicted octanol–water partition coefficient (Wildman–Crippen LogP) is 2.37. The minimum Gasteiger partial charge on any atom is -0.408 e. The first-order valence-corrected chi connectivity index (χ1v) is 5.49. The van der Waals surface area contributed by atoms with Gasteiger partial charge in [0.2, 0.25) is 5.89 Å². The number of aromatic nitrogens is 2. The molecule has 1 aromatic carbocycles. The summed E-state index contributed by atoms with van der Waals surface area (Å²) in [6.07, 6.45) is 0. The van der Waals surface area contributed by atoms with Crippen LogP contribution in [0.5, 0.6) is 0 Å². The van der Waals surface area contributed by atoms with E-state index >= 15 is 0 Å². The van der Waals surface area contributed by atoms with Gasteiger partial charge in [0.05, 0.1) is 0 Å². The fourth-order valence-electron chi connectivity index (χ4n) is 1.31. The van der Waals surface area contributed by atoms with Crippen LogP contribution in [-0.4, -0.2) is 16.1 Å². The van der Waals surface area contributed by atoms with E-state index in [2.05, 4.69) is 15.5 Å². The third-order valence-corrected chi connectivity index (χ3v) is 2.40. The van der Waals surface area contributed by atoms with Crippen LogP contribution in [0.2, 0.25) is 0 Å². The minimum atomic E-state index is -0.305. The molecular weight excluding hydrogens is 242 g/mol. The fourth-order valence-corrected chi connectivity index (χ4v) is 1.48. The summed E-state index contributed by atoms with van der Waals surface area (Å²) in [6.45, 7) is 1.65. The molecule has 88 valence electrons. The molecule has 2 rings (SSSR count). The van der Waals surface area contributed by atoms with Crippen LogP contribution in [0.15, 0.2) is 28.7 Å². The zero-order chi connectivity index (χ0) is 12.3. The van der Waals surface area contributed by atoms with E-state index in [-0.39, 0.29) is 11.9 Å². The van der Waals surface area contributed by atoms with Gasteiger partial charge in [0.25, 0.3) is 5.91 Å². The smallest absolute Gasteiger partial charge is 0.322 e. The quantitative estimate of drug-likeness (QED) is 0.851. The second-order valence-corrected chi connectivity index (χ2v) is 3.68. The van der Waals surface area contributed by atoms with E-state index in [9.17, 15) is 4.79 Å². The largest absolute Gasteiger partial charge is 0.408 e.